The molecule has 0 radical (unpaired) electrons. The maximum Gasteiger partial charge on any atom is 0.261 e. The van der Waals surface area contributed by atoms with Gasteiger partial charge in [0.15, 0.2) is 0 Å². The van der Waals surface area contributed by atoms with E-state index in [1.54, 1.807) is 18.2 Å². The second kappa shape index (κ2) is 9.36. The third kappa shape index (κ3) is 5.66. The highest BCUT2D eigenvalue weighted by atomic mass is 32.2. The maximum atomic E-state index is 12.5. The molecule has 0 saturated heterocycles. The Morgan fingerprint density at radius 2 is 1.45 bits per heavy atom. The van der Waals surface area contributed by atoms with Crippen LogP contribution in [-0.4, -0.2) is 32.1 Å². The predicted molar refractivity (Wildman–Crippen MR) is 112 cm³/mol. The van der Waals surface area contributed by atoms with E-state index in [1.165, 1.54) is 36.4 Å². The first kappa shape index (κ1) is 20.6. The molecule has 0 aliphatic carbocycles. The quantitative estimate of drug-likeness (QED) is 0.532. The van der Waals surface area contributed by atoms with E-state index in [0.29, 0.717) is 17.7 Å². The molecule has 1 atom stereocenters. The molecular weight excluding hydrogens is 388 g/mol. The van der Waals surface area contributed by atoms with E-state index in [2.05, 4.69) is 10.0 Å². The van der Waals surface area contributed by atoms with E-state index < -0.39 is 16.1 Å². The summed E-state index contributed by atoms with van der Waals surface area (Å²) in [5, 5.41) is 12.4. The van der Waals surface area contributed by atoms with Crippen molar-refractivity contribution in [2.75, 3.05) is 11.3 Å². The average Bonchev–Trinajstić information content (AvgIpc) is 2.75. The Kier molecular flexibility index (Phi) is 6.64. The van der Waals surface area contributed by atoms with Crippen LogP contribution in [0.4, 0.5) is 5.69 Å². The van der Waals surface area contributed by atoms with Crippen LogP contribution in [0.3, 0.4) is 0 Å². The summed E-state index contributed by atoms with van der Waals surface area (Å²) in [7, 11) is -3.69. The molecule has 1 amide bonds. The lowest BCUT2D eigenvalue weighted by atomic mass is 10.1. The third-order valence-corrected chi connectivity index (χ3v) is 5.73. The molecule has 3 aromatic rings. The summed E-state index contributed by atoms with van der Waals surface area (Å²) in [5.74, 6) is -0.336. The van der Waals surface area contributed by atoms with Crippen LogP contribution >= 0.6 is 0 Å². The Balaban J connectivity index is 1.64. The summed E-state index contributed by atoms with van der Waals surface area (Å²) in [4.78, 5) is 12.6. The molecule has 6 nitrogen and oxygen atoms in total. The lowest BCUT2D eigenvalue weighted by molar-refractivity contribution is 0.0916. The molecule has 0 spiro atoms. The number of hydrogen-bond acceptors (Lipinski definition) is 4. The van der Waals surface area contributed by atoms with Crippen LogP contribution < -0.4 is 10.0 Å². The zero-order chi connectivity index (χ0) is 20.7. The fourth-order valence-corrected chi connectivity index (χ4v) is 3.91. The van der Waals surface area contributed by atoms with E-state index in [-0.39, 0.29) is 17.4 Å². The van der Waals surface area contributed by atoms with Crippen molar-refractivity contribution in [3.8, 4) is 0 Å². The molecule has 29 heavy (non-hydrogen) atoms. The molecular formula is C22H22N2O4S. The Morgan fingerprint density at radius 3 is 2.03 bits per heavy atom. The minimum Gasteiger partial charge on any atom is -0.394 e. The molecule has 3 N–H and O–H groups in total. The number of benzene rings is 3. The first-order valence-electron chi connectivity index (χ1n) is 9.11. The fourth-order valence-electron chi connectivity index (χ4n) is 2.83. The fraction of sp³-hybridized carbons (Fsp3) is 0.136. The number of rotatable bonds is 8. The van der Waals surface area contributed by atoms with Crippen molar-refractivity contribution in [2.45, 2.75) is 17.4 Å². The summed E-state index contributed by atoms with van der Waals surface area (Å²) in [5.41, 5.74) is 1.74. The number of anilines is 1. The monoisotopic (exact) mass is 410 g/mol. The maximum absolute atomic E-state index is 12.5. The molecule has 0 saturated carbocycles. The van der Waals surface area contributed by atoms with Crippen LogP contribution in [0, 0.1) is 0 Å². The molecule has 3 aromatic carbocycles. The minimum absolute atomic E-state index is 0.161. The minimum atomic E-state index is -3.69. The number of carbonyl (C=O) groups excluding carboxylic acids is 1. The van der Waals surface area contributed by atoms with Gasteiger partial charge in [-0.1, -0.05) is 48.5 Å². The van der Waals surface area contributed by atoms with Crippen molar-refractivity contribution in [3.05, 3.63) is 96.1 Å². The molecule has 0 bridgehead atoms. The van der Waals surface area contributed by atoms with E-state index in [4.69, 9.17) is 0 Å². The van der Waals surface area contributed by atoms with Crippen molar-refractivity contribution in [1.29, 1.82) is 0 Å². The van der Waals surface area contributed by atoms with Gasteiger partial charge in [-0.25, -0.2) is 8.42 Å². The van der Waals surface area contributed by atoms with Crippen molar-refractivity contribution in [3.63, 3.8) is 0 Å². The number of aliphatic hydroxyl groups excluding tert-OH is 1. The van der Waals surface area contributed by atoms with Gasteiger partial charge in [0, 0.05) is 11.3 Å². The SMILES string of the molecule is O=C(N[C@H](CO)Cc1ccccc1)c1ccc(NS(=O)(=O)c2ccccc2)cc1. The third-order valence-electron chi connectivity index (χ3n) is 4.33. The van der Waals surface area contributed by atoms with Gasteiger partial charge in [0.05, 0.1) is 17.5 Å². The van der Waals surface area contributed by atoms with Gasteiger partial charge in [0.25, 0.3) is 15.9 Å². The molecule has 0 aliphatic rings. The molecule has 0 fully saturated rings. The molecule has 0 aliphatic heterocycles. The smallest absolute Gasteiger partial charge is 0.261 e. The molecule has 0 aromatic heterocycles. The van der Waals surface area contributed by atoms with Crippen LogP contribution in [0.5, 0.6) is 0 Å². The Morgan fingerprint density at radius 1 is 0.862 bits per heavy atom. The summed E-state index contributed by atoms with van der Waals surface area (Å²) in [6, 6.07) is 23.3. The lowest BCUT2D eigenvalue weighted by Crippen LogP contribution is -2.39. The van der Waals surface area contributed by atoms with Gasteiger partial charge in [-0.3, -0.25) is 9.52 Å². The van der Waals surface area contributed by atoms with Gasteiger partial charge >= 0.3 is 0 Å². The van der Waals surface area contributed by atoms with Crippen LogP contribution in [0.15, 0.2) is 89.8 Å². The molecule has 0 heterocycles. The van der Waals surface area contributed by atoms with Crippen LogP contribution in [0.1, 0.15) is 15.9 Å². The van der Waals surface area contributed by atoms with Gasteiger partial charge in [-0.2, -0.15) is 0 Å². The topological polar surface area (TPSA) is 95.5 Å². The highest BCUT2D eigenvalue weighted by Gasteiger charge is 2.16. The summed E-state index contributed by atoms with van der Waals surface area (Å²) >= 11 is 0. The normalized spacial score (nSPS) is 12.2. The van der Waals surface area contributed by atoms with Gasteiger partial charge in [0.1, 0.15) is 0 Å². The van der Waals surface area contributed by atoms with Gasteiger partial charge < -0.3 is 10.4 Å². The van der Waals surface area contributed by atoms with E-state index in [0.717, 1.165) is 5.56 Å². The van der Waals surface area contributed by atoms with E-state index >= 15 is 0 Å². The Hall–Kier alpha value is -3.16. The van der Waals surface area contributed by atoms with Crippen molar-refractivity contribution >= 4 is 21.6 Å². The van der Waals surface area contributed by atoms with Gasteiger partial charge in [-0.15, -0.1) is 0 Å². The van der Waals surface area contributed by atoms with E-state index in [9.17, 15) is 18.3 Å². The first-order valence-corrected chi connectivity index (χ1v) is 10.6. The van der Waals surface area contributed by atoms with Crippen LogP contribution in [0.2, 0.25) is 0 Å². The predicted octanol–water partition coefficient (Wildman–Crippen LogP) is 2.82. The molecule has 150 valence electrons. The van der Waals surface area contributed by atoms with Crippen molar-refractivity contribution < 1.29 is 18.3 Å². The first-order chi connectivity index (χ1) is 14.0. The Bertz CT molecular complexity index is 1040. The number of carbonyl (C=O) groups is 1. The number of sulfonamides is 1. The lowest BCUT2D eigenvalue weighted by Gasteiger charge is -2.16. The number of amides is 1. The highest BCUT2D eigenvalue weighted by Crippen LogP contribution is 2.16. The number of hydrogen-bond donors (Lipinski definition) is 3. The largest absolute Gasteiger partial charge is 0.394 e. The zero-order valence-corrected chi connectivity index (χ0v) is 16.5. The van der Waals surface area contributed by atoms with Gasteiger partial charge in [0.2, 0.25) is 0 Å². The zero-order valence-electron chi connectivity index (χ0n) is 15.7. The van der Waals surface area contributed by atoms with Crippen molar-refractivity contribution in [2.24, 2.45) is 0 Å². The molecule has 7 heteroatoms. The summed E-state index contributed by atoms with van der Waals surface area (Å²) in [6.45, 7) is -0.185. The molecule has 3 rings (SSSR count). The summed E-state index contributed by atoms with van der Waals surface area (Å²) < 4.78 is 27.2. The summed E-state index contributed by atoms with van der Waals surface area (Å²) in [6.07, 6.45) is 0.512. The van der Waals surface area contributed by atoms with Crippen LogP contribution in [-0.2, 0) is 16.4 Å². The molecule has 0 unspecified atom stereocenters. The second-order valence-electron chi connectivity index (χ2n) is 6.54. The van der Waals surface area contributed by atoms with Crippen molar-refractivity contribution in [1.82, 2.24) is 5.32 Å². The Labute approximate surface area is 170 Å². The second-order valence-corrected chi connectivity index (χ2v) is 8.22. The van der Waals surface area contributed by atoms with Gasteiger partial charge in [-0.05, 0) is 48.4 Å². The number of aliphatic hydroxyl groups is 1. The standard InChI is InChI=1S/C22H22N2O4S/c25-16-20(15-17-7-3-1-4-8-17)23-22(26)18-11-13-19(14-12-18)24-29(27,28)21-9-5-2-6-10-21/h1-14,20,24-25H,15-16H2,(H,23,26)/t20-/m0/s1. The van der Waals surface area contributed by atoms with Crippen LogP contribution in [0.25, 0.3) is 0 Å². The highest BCUT2D eigenvalue weighted by molar-refractivity contribution is 7.92. The average molecular weight is 410 g/mol. The van der Waals surface area contributed by atoms with E-state index in [1.807, 2.05) is 30.3 Å². The number of nitrogens with one attached hydrogen (secondary N) is 2.